The molecule has 4 rings (SSSR count). The molecule has 1 aliphatic heterocycles. The van der Waals surface area contributed by atoms with E-state index in [9.17, 15) is 24.0 Å². The van der Waals surface area contributed by atoms with Crippen LogP contribution in [0.5, 0.6) is 0 Å². The first-order chi connectivity index (χ1) is 21.0. The molecule has 1 saturated heterocycles. The molecule has 10 heteroatoms. The Balaban J connectivity index is 1.89. The minimum Gasteiger partial charge on any atom is -0.465 e. The molecule has 0 N–H and O–H groups in total. The standard InChI is InChI=1S/C34H35FN2O7/c1-20-25(13-8-14-28(20)35)30-26(31(39)21-9-6-11-23(15-21)33(41)43-4)17-37(19-29(38)36(2)3)18-27(30)32(40)22-10-7-12-24(16-22)34(42)44-5/h6-16,26-27,30H,17-19H2,1-5H3/t26-,27+,30?. The predicted octanol–water partition coefficient (Wildman–Crippen LogP) is 4.19. The highest BCUT2D eigenvalue weighted by Gasteiger charge is 2.46. The average Bonchev–Trinajstić information content (AvgIpc) is 3.04. The van der Waals surface area contributed by atoms with E-state index in [4.69, 9.17) is 9.47 Å². The van der Waals surface area contributed by atoms with Crippen molar-refractivity contribution in [3.63, 3.8) is 0 Å². The molecular formula is C34H35FN2O7. The van der Waals surface area contributed by atoms with Gasteiger partial charge >= 0.3 is 11.9 Å². The predicted molar refractivity (Wildman–Crippen MR) is 160 cm³/mol. The Morgan fingerprint density at radius 1 is 0.773 bits per heavy atom. The van der Waals surface area contributed by atoms with Crippen molar-refractivity contribution in [3.05, 3.63) is 106 Å². The maximum Gasteiger partial charge on any atom is 0.337 e. The van der Waals surface area contributed by atoms with Gasteiger partial charge in [-0.15, -0.1) is 0 Å². The van der Waals surface area contributed by atoms with Crippen molar-refractivity contribution in [2.45, 2.75) is 12.8 Å². The molecule has 0 radical (unpaired) electrons. The lowest BCUT2D eigenvalue weighted by Crippen LogP contribution is -2.52. The van der Waals surface area contributed by atoms with Crippen molar-refractivity contribution in [3.8, 4) is 0 Å². The van der Waals surface area contributed by atoms with Gasteiger partial charge in [-0.3, -0.25) is 19.3 Å². The van der Waals surface area contributed by atoms with Crippen molar-refractivity contribution in [2.24, 2.45) is 11.8 Å². The van der Waals surface area contributed by atoms with Crippen molar-refractivity contribution >= 4 is 29.4 Å². The number of amides is 1. The molecule has 3 aromatic rings. The third kappa shape index (κ3) is 6.75. The van der Waals surface area contributed by atoms with E-state index < -0.39 is 35.5 Å². The molecule has 1 amide bonds. The number of hydrogen-bond donors (Lipinski definition) is 0. The Bertz CT molecular complexity index is 1520. The average molecular weight is 603 g/mol. The Morgan fingerprint density at radius 3 is 1.68 bits per heavy atom. The number of carbonyl (C=O) groups is 5. The third-order valence-electron chi connectivity index (χ3n) is 8.11. The lowest BCUT2D eigenvalue weighted by atomic mass is 9.67. The first-order valence-electron chi connectivity index (χ1n) is 14.1. The van der Waals surface area contributed by atoms with Gasteiger partial charge in [-0.05, 0) is 48.4 Å². The van der Waals surface area contributed by atoms with Crippen LogP contribution in [0, 0.1) is 24.6 Å². The number of Topliss-reactive ketones (excluding diaryl/α,β-unsaturated/α-hetero) is 2. The molecule has 0 spiro atoms. The molecule has 1 aliphatic rings. The fourth-order valence-corrected chi connectivity index (χ4v) is 5.77. The third-order valence-corrected chi connectivity index (χ3v) is 8.11. The molecule has 0 aliphatic carbocycles. The van der Waals surface area contributed by atoms with E-state index in [1.165, 1.54) is 49.5 Å². The Kier molecular flexibility index (Phi) is 10.1. The molecule has 0 saturated carbocycles. The zero-order valence-electron chi connectivity index (χ0n) is 25.3. The van der Waals surface area contributed by atoms with Gasteiger partial charge < -0.3 is 14.4 Å². The van der Waals surface area contributed by atoms with Crippen LogP contribution in [0.3, 0.4) is 0 Å². The fourth-order valence-electron chi connectivity index (χ4n) is 5.77. The molecule has 44 heavy (non-hydrogen) atoms. The Hall–Kier alpha value is -4.70. The Labute approximate surface area is 255 Å². The van der Waals surface area contributed by atoms with Crippen molar-refractivity contribution < 1.29 is 37.8 Å². The molecule has 1 fully saturated rings. The maximum absolute atomic E-state index is 15.0. The van der Waals surface area contributed by atoms with Crippen LogP contribution in [0.1, 0.15) is 58.5 Å². The highest BCUT2D eigenvalue weighted by molar-refractivity contribution is 6.04. The summed E-state index contributed by atoms with van der Waals surface area (Å²) in [6.45, 7) is 1.76. The number of esters is 2. The number of likely N-dealkylation sites (tertiary alicyclic amines) is 1. The molecule has 3 atom stereocenters. The highest BCUT2D eigenvalue weighted by Crippen LogP contribution is 2.42. The molecule has 0 aromatic heterocycles. The van der Waals surface area contributed by atoms with Gasteiger partial charge in [0, 0.05) is 56.1 Å². The van der Waals surface area contributed by atoms with Gasteiger partial charge in [0.2, 0.25) is 5.91 Å². The van der Waals surface area contributed by atoms with Gasteiger partial charge in [-0.1, -0.05) is 36.4 Å². The molecule has 0 bridgehead atoms. The molecule has 230 valence electrons. The normalized spacial score (nSPS) is 18.3. The smallest absolute Gasteiger partial charge is 0.337 e. The van der Waals surface area contributed by atoms with Gasteiger partial charge in [0.25, 0.3) is 0 Å². The van der Waals surface area contributed by atoms with Gasteiger partial charge in [0.1, 0.15) is 5.82 Å². The van der Waals surface area contributed by atoms with Crippen LogP contribution in [0.4, 0.5) is 4.39 Å². The highest BCUT2D eigenvalue weighted by atomic mass is 19.1. The summed E-state index contributed by atoms with van der Waals surface area (Å²) < 4.78 is 24.7. The van der Waals surface area contributed by atoms with E-state index in [1.54, 1.807) is 62.3 Å². The first-order valence-corrected chi connectivity index (χ1v) is 14.1. The second-order valence-electron chi connectivity index (χ2n) is 11.0. The summed E-state index contributed by atoms with van der Waals surface area (Å²) in [6, 6.07) is 16.8. The molecule has 9 nitrogen and oxygen atoms in total. The van der Waals surface area contributed by atoms with Crippen LogP contribution >= 0.6 is 0 Å². The number of ketones is 2. The summed E-state index contributed by atoms with van der Waals surface area (Å²) >= 11 is 0. The summed E-state index contributed by atoms with van der Waals surface area (Å²) in [5, 5.41) is 0. The largest absolute Gasteiger partial charge is 0.465 e. The summed E-state index contributed by atoms with van der Waals surface area (Å²) in [4.78, 5) is 69.2. The lowest BCUT2D eigenvalue weighted by Gasteiger charge is -2.43. The zero-order chi connectivity index (χ0) is 32.1. The molecular weight excluding hydrogens is 567 g/mol. The number of piperidine rings is 1. The van der Waals surface area contributed by atoms with E-state index in [1.807, 2.05) is 0 Å². The van der Waals surface area contributed by atoms with E-state index >= 15 is 4.39 Å². The second-order valence-corrected chi connectivity index (χ2v) is 11.0. The monoisotopic (exact) mass is 602 g/mol. The van der Waals surface area contributed by atoms with Gasteiger partial charge in [0.05, 0.1) is 31.9 Å². The SMILES string of the molecule is COC(=O)c1cccc(C(=O)[C@H]2CN(CC(=O)N(C)C)C[C@@H](C(=O)c3cccc(C(=O)OC)c3)C2c2cccc(F)c2C)c1. The van der Waals surface area contributed by atoms with E-state index in [0.29, 0.717) is 11.1 Å². The maximum atomic E-state index is 15.0. The number of ether oxygens (including phenoxy) is 2. The summed E-state index contributed by atoms with van der Waals surface area (Å²) in [6.07, 6.45) is 0. The quantitative estimate of drug-likeness (QED) is 0.265. The van der Waals surface area contributed by atoms with Crippen LogP contribution in [-0.2, 0) is 14.3 Å². The number of halogens is 1. The number of likely N-dealkylation sites (N-methyl/N-ethyl adjacent to an activating group) is 1. The molecule has 1 heterocycles. The number of rotatable bonds is 9. The number of nitrogens with zero attached hydrogens (tertiary/aromatic N) is 2. The number of methoxy groups -OCH3 is 2. The van der Waals surface area contributed by atoms with Gasteiger partial charge in [0.15, 0.2) is 11.6 Å². The van der Waals surface area contributed by atoms with E-state index in [-0.39, 0.29) is 59.4 Å². The lowest BCUT2D eigenvalue weighted by molar-refractivity contribution is -0.130. The van der Waals surface area contributed by atoms with E-state index in [0.717, 1.165) is 0 Å². The minimum atomic E-state index is -0.898. The Morgan fingerprint density at radius 2 is 1.23 bits per heavy atom. The number of benzene rings is 3. The number of hydrogen-bond acceptors (Lipinski definition) is 8. The van der Waals surface area contributed by atoms with Crippen LogP contribution < -0.4 is 0 Å². The molecule has 3 aromatic carbocycles. The minimum absolute atomic E-state index is 0.0557. The topological polar surface area (TPSA) is 110 Å². The summed E-state index contributed by atoms with van der Waals surface area (Å²) in [5.74, 6) is -5.25. The van der Waals surface area contributed by atoms with Gasteiger partial charge in [-0.25, -0.2) is 14.0 Å². The van der Waals surface area contributed by atoms with Crippen LogP contribution in [-0.4, -0.2) is 87.2 Å². The first kappa shape index (κ1) is 32.2. The van der Waals surface area contributed by atoms with Gasteiger partial charge in [-0.2, -0.15) is 0 Å². The van der Waals surface area contributed by atoms with Crippen molar-refractivity contribution in [1.29, 1.82) is 0 Å². The van der Waals surface area contributed by atoms with Crippen LogP contribution in [0.25, 0.3) is 0 Å². The molecule has 1 unspecified atom stereocenters. The number of carbonyl (C=O) groups excluding carboxylic acids is 5. The van der Waals surface area contributed by atoms with E-state index in [2.05, 4.69) is 0 Å². The van der Waals surface area contributed by atoms with Crippen molar-refractivity contribution in [1.82, 2.24) is 9.80 Å². The van der Waals surface area contributed by atoms with Crippen LogP contribution in [0.2, 0.25) is 0 Å². The fraction of sp³-hybridized carbons (Fsp3) is 0.324. The summed E-state index contributed by atoms with van der Waals surface area (Å²) in [5.41, 5.74) is 1.60. The summed E-state index contributed by atoms with van der Waals surface area (Å²) in [7, 11) is 5.72. The van der Waals surface area contributed by atoms with Crippen LogP contribution in [0.15, 0.2) is 66.7 Å². The zero-order valence-corrected chi connectivity index (χ0v) is 25.3. The van der Waals surface area contributed by atoms with Crippen molar-refractivity contribution in [2.75, 3.05) is 47.9 Å². The second kappa shape index (κ2) is 13.7.